The van der Waals surface area contributed by atoms with E-state index in [1.807, 2.05) is 20.8 Å². The van der Waals surface area contributed by atoms with Gasteiger partial charge < -0.3 is 14.2 Å². The summed E-state index contributed by atoms with van der Waals surface area (Å²) >= 11 is 0. The lowest BCUT2D eigenvalue weighted by molar-refractivity contribution is -0.145. The monoisotopic (exact) mass is 341 g/mol. The number of morpholine rings is 1. The first-order chi connectivity index (χ1) is 11.5. The Morgan fingerprint density at radius 2 is 1.71 bits per heavy atom. The minimum absolute atomic E-state index is 0.176. The van der Waals surface area contributed by atoms with Crippen LogP contribution in [0.5, 0.6) is 0 Å². The van der Waals surface area contributed by atoms with Crippen LogP contribution in [0.1, 0.15) is 40.0 Å². The van der Waals surface area contributed by atoms with Gasteiger partial charge in [0.05, 0.1) is 19.8 Å². The molecule has 1 atom stereocenters. The van der Waals surface area contributed by atoms with Crippen molar-refractivity contribution in [2.45, 2.75) is 46.1 Å². The van der Waals surface area contributed by atoms with Crippen molar-refractivity contribution >= 4 is 11.9 Å². The summed E-state index contributed by atoms with van der Waals surface area (Å²) in [6.07, 6.45) is 5.01. The van der Waals surface area contributed by atoms with Crippen LogP contribution >= 0.6 is 0 Å². The van der Waals surface area contributed by atoms with Crippen LogP contribution in [-0.2, 0) is 23.8 Å². The van der Waals surface area contributed by atoms with Crippen molar-refractivity contribution in [2.75, 3.05) is 39.5 Å². The van der Waals surface area contributed by atoms with Gasteiger partial charge in [-0.2, -0.15) is 0 Å². The molecule has 0 aromatic rings. The number of ether oxygens (including phenoxy) is 3. The first kappa shape index (κ1) is 20.6. The second kappa shape index (κ2) is 12.0. The van der Waals surface area contributed by atoms with Crippen molar-refractivity contribution in [1.82, 2.24) is 4.90 Å². The zero-order valence-electron chi connectivity index (χ0n) is 15.2. The van der Waals surface area contributed by atoms with Gasteiger partial charge in [-0.1, -0.05) is 13.8 Å². The van der Waals surface area contributed by atoms with Crippen molar-refractivity contribution < 1.29 is 23.8 Å². The Hall–Kier alpha value is -1.40. The van der Waals surface area contributed by atoms with Gasteiger partial charge in [0.15, 0.2) is 0 Å². The van der Waals surface area contributed by atoms with Gasteiger partial charge in [-0.05, 0) is 38.6 Å². The fourth-order valence-electron chi connectivity index (χ4n) is 2.15. The van der Waals surface area contributed by atoms with Crippen LogP contribution in [-0.4, -0.2) is 62.4 Å². The van der Waals surface area contributed by atoms with Crippen LogP contribution < -0.4 is 0 Å². The fourth-order valence-corrected chi connectivity index (χ4v) is 2.15. The topological polar surface area (TPSA) is 65.1 Å². The molecule has 1 fully saturated rings. The molecule has 0 aromatic heterocycles. The minimum atomic E-state index is -0.515. The number of hydrogen-bond acceptors (Lipinski definition) is 6. The molecule has 0 aliphatic carbocycles. The Balaban J connectivity index is 2.02. The van der Waals surface area contributed by atoms with Gasteiger partial charge in [0.2, 0.25) is 0 Å². The molecule has 1 aliphatic rings. The molecule has 24 heavy (non-hydrogen) atoms. The molecule has 1 rings (SSSR count). The summed E-state index contributed by atoms with van der Waals surface area (Å²) in [6.45, 7) is 10.9. The zero-order chi connectivity index (χ0) is 17.8. The van der Waals surface area contributed by atoms with Gasteiger partial charge in [0.1, 0.15) is 6.10 Å². The summed E-state index contributed by atoms with van der Waals surface area (Å²) in [6, 6.07) is 0. The Bertz CT molecular complexity index is 402. The van der Waals surface area contributed by atoms with Crippen molar-refractivity contribution in [3.63, 3.8) is 0 Å². The number of esters is 2. The van der Waals surface area contributed by atoms with E-state index in [0.717, 1.165) is 64.3 Å². The van der Waals surface area contributed by atoms with Gasteiger partial charge in [-0.25, -0.2) is 9.59 Å². The third-order valence-corrected chi connectivity index (χ3v) is 4.06. The minimum Gasteiger partial charge on any atom is -0.463 e. The average Bonchev–Trinajstić information content (AvgIpc) is 2.57. The van der Waals surface area contributed by atoms with E-state index in [1.54, 1.807) is 0 Å². The van der Waals surface area contributed by atoms with Crippen LogP contribution in [0.4, 0.5) is 0 Å². The fraction of sp³-hybridized carbons (Fsp3) is 0.778. The molecular formula is C18H31NO5. The molecule has 1 heterocycles. The Labute approximate surface area is 145 Å². The van der Waals surface area contributed by atoms with E-state index in [2.05, 4.69) is 4.90 Å². The Morgan fingerprint density at radius 3 is 2.38 bits per heavy atom. The Kier molecular flexibility index (Phi) is 10.4. The third kappa shape index (κ3) is 9.67. The van der Waals surface area contributed by atoms with Crippen LogP contribution in [0.15, 0.2) is 12.2 Å². The molecular weight excluding hydrogens is 310 g/mol. The molecule has 0 spiro atoms. The average molecular weight is 341 g/mol. The van der Waals surface area contributed by atoms with Gasteiger partial charge >= 0.3 is 11.9 Å². The normalized spacial score (nSPS) is 17.2. The number of carbonyl (C=O) groups excluding carboxylic acids is 2. The van der Waals surface area contributed by atoms with Gasteiger partial charge in [-0.3, -0.25) is 4.90 Å². The summed E-state index contributed by atoms with van der Waals surface area (Å²) in [5, 5.41) is 0. The molecule has 1 unspecified atom stereocenters. The number of rotatable bonds is 10. The molecule has 0 N–H and O–H groups in total. The second-order valence-corrected chi connectivity index (χ2v) is 6.40. The highest BCUT2D eigenvalue weighted by atomic mass is 16.5. The molecule has 1 aliphatic heterocycles. The van der Waals surface area contributed by atoms with E-state index in [-0.39, 0.29) is 12.0 Å². The molecule has 138 valence electrons. The predicted molar refractivity (Wildman–Crippen MR) is 91.6 cm³/mol. The zero-order valence-corrected chi connectivity index (χ0v) is 15.2. The van der Waals surface area contributed by atoms with Gasteiger partial charge in [0.25, 0.3) is 0 Å². The standard InChI is InChI=1S/C18H31NO5/c1-15(2)16(3)24-18(21)8-7-17(20)23-12-6-4-5-9-19-10-13-22-14-11-19/h7-8,15-16H,4-6,9-14H2,1-3H3/b8-7+. The highest BCUT2D eigenvalue weighted by Gasteiger charge is 2.11. The maximum Gasteiger partial charge on any atom is 0.331 e. The van der Waals surface area contributed by atoms with E-state index < -0.39 is 11.9 Å². The molecule has 1 saturated heterocycles. The van der Waals surface area contributed by atoms with Gasteiger partial charge in [0, 0.05) is 25.2 Å². The number of carbonyl (C=O) groups is 2. The highest BCUT2D eigenvalue weighted by Crippen LogP contribution is 2.06. The highest BCUT2D eigenvalue weighted by molar-refractivity contribution is 5.91. The maximum atomic E-state index is 11.5. The Morgan fingerprint density at radius 1 is 1.04 bits per heavy atom. The molecule has 0 saturated carbocycles. The van der Waals surface area contributed by atoms with Crippen molar-refractivity contribution in [3.8, 4) is 0 Å². The smallest absolute Gasteiger partial charge is 0.331 e. The molecule has 0 amide bonds. The molecule has 0 radical (unpaired) electrons. The second-order valence-electron chi connectivity index (χ2n) is 6.40. The van der Waals surface area contributed by atoms with Crippen LogP contribution in [0.25, 0.3) is 0 Å². The van der Waals surface area contributed by atoms with E-state index in [4.69, 9.17) is 14.2 Å². The molecule has 6 heteroatoms. The van der Waals surface area contributed by atoms with E-state index in [0.29, 0.717) is 6.61 Å². The number of hydrogen-bond donors (Lipinski definition) is 0. The van der Waals surface area contributed by atoms with Crippen LogP contribution in [0.2, 0.25) is 0 Å². The van der Waals surface area contributed by atoms with E-state index in [9.17, 15) is 9.59 Å². The first-order valence-corrected chi connectivity index (χ1v) is 8.84. The molecule has 0 aromatic carbocycles. The number of unbranched alkanes of at least 4 members (excludes halogenated alkanes) is 2. The van der Waals surface area contributed by atoms with Crippen molar-refractivity contribution in [2.24, 2.45) is 5.92 Å². The first-order valence-electron chi connectivity index (χ1n) is 8.84. The van der Waals surface area contributed by atoms with Crippen LogP contribution in [0, 0.1) is 5.92 Å². The summed E-state index contributed by atoms with van der Waals surface area (Å²) in [7, 11) is 0. The number of nitrogens with zero attached hydrogens (tertiary/aromatic N) is 1. The lowest BCUT2D eigenvalue weighted by atomic mass is 10.1. The quantitative estimate of drug-likeness (QED) is 0.345. The van der Waals surface area contributed by atoms with Crippen LogP contribution in [0.3, 0.4) is 0 Å². The molecule has 0 bridgehead atoms. The summed E-state index contributed by atoms with van der Waals surface area (Å²) < 4.78 is 15.5. The van der Waals surface area contributed by atoms with Crippen molar-refractivity contribution in [3.05, 3.63) is 12.2 Å². The lowest BCUT2D eigenvalue weighted by Gasteiger charge is -2.26. The summed E-state index contributed by atoms with van der Waals surface area (Å²) in [5.74, 6) is -0.775. The predicted octanol–water partition coefficient (Wildman–Crippen LogP) is 2.18. The van der Waals surface area contributed by atoms with E-state index in [1.165, 1.54) is 0 Å². The van der Waals surface area contributed by atoms with E-state index >= 15 is 0 Å². The molecule has 6 nitrogen and oxygen atoms in total. The maximum absolute atomic E-state index is 11.5. The van der Waals surface area contributed by atoms with Gasteiger partial charge in [-0.15, -0.1) is 0 Å². The van der Waals surface area contributed by atoms with Crippen molar-refractivity contribution in [1.29, 1.82) is 0 Å². The summed E-state index contributed by atoms with van der Waals surface area (Å²) in [5.41, 5.74) is 0. The largest absolute Gasteiger partial charge is 0.463 e. The lowest BCUT2D eigenvalue weighted by Crippen LogP contribution is -2.36. The SMILES string of the molecule is CC(C)C(C)OC(=O)/C=C/C(=O)OCCCCCN1CCOCC1. The summed E-state index contributed by atoms with van der Waals surface area (Å²) in [4.78, 5) is 25.4. The third-order valence-electron chi connectivity index (χ3n) is 4.06.